The maximum absolute atomic E-state index is 10.9. The van der Waals surface area contributed by atoms with Gasteiger partial charge in [-0.2, -0.15) is 0 Å². The van der Waals surface area contributed by atoms with Crippen LogP contribution in [0.25, 0.3) is 0 Å². The van der Waals surface area contributed by atoms with Gasteiger partial charge >= 0.3 is 5.97 Å². The normalized spacial score (nSPS) is 10.7. The molecular formula is C15H17NO3. The fourth-order valence-electron chi connectivity index (χ4n) is 1.89. The number of carbonyl (C=O) groups is 1. The van der Waals surface area contributed by atoms with Gasteiger partial charge in [-0.3, -0.25) is 0 Å². The Balaban J connectivity index is 2.22. The Bertz CT molecular complexity index is 546. The molecule has 2 aromatic rings. The summed E-state index contributed by atoms with van der Waals surface area (Å²) in [5.74, 6) is -0.500. The molecule has 0 saturated carbocycles. The van der Waals surface area contributed by atoms with E-state index in [0.29, 0.717) is 12.4 Å². The maximum atomic E-state index is 10.9. The molecule has 1 aromatic heterocycles. The number of hydrogen-bond donors (Lipinski definition) is 1. The zero-order chi connectivity index (χ0) is 13.8. The van der Waals surface area contributed by atoms with Crippen molar-refractivity contribution in [3.05, 3.63) is 53.8 Å². The number of carboxylic acids is 1. The lowest BCUT2D eigenvalue weighted by Gasteiger charge is -2.26. The number of rotatable bonds is 5. The number of carboxylic acid groups (broad SMARTS) is 1. The third-order valence-electron chi connectivity index (χ3n) is 2.90. The molecule has 0 fully saturated rings. The van der Waals surface area contributed by atoms with Crippen molar-refractivity contribution in [2.45, 2.75) is 26.4 Å². The van der Waals surface area contributed by atoms with Gasteiger partial charge in [-0.1, -0.05) is 30.3 Å². The van der Waals surface area contributed by atoms with E-state index in [4.69, 9.17) is 9.52 Å². The van der Waals surface area contributed by atoms with Crippen LogP contribution in [0.2, 0.25) is 0 Å². The fourth-order valence-corrected chi connectivity index (χ4v) is 1.89. The van der Waals surface area contributed by atoms with Crippen LogP contribution in [-0.4, -0.2) is 17.1 Å². The highest BCUT2D eigenvalue weighted by molar-refractivity contribution is 5.84. The van der Waals surface area contributed by atoms with Crippen LogP contribution in [-0.2, 0) is 6.54 Å². The van der Waals surface area contributed by atoms with Crippen molar-refractivity contribution in [3.8, 4) is 0 Å². The molecule has 1 N–H and O–H groups in total. The Hall–Kier alpha value is -2.23. The van der Waals surface area contributed by atoms with E-state index in [9.17, 15) is 4.79 Å². The van der Waals surface area contributed by atoms with Crippen LogP contribution < -0.4 is 4.90 Å². The van der Waals surface area contributed by atoms with Gasteiger partial charge in [0.15, 0.2) is 5.88 Å². The van der Waals surface area contributed by atoms with Crippen LogP contribution in [0.4, 0.5) is 5.88 Å². The first-order valence-corrected chi connectivity index (χ1v) is 6.21. The lowest BCUT2D eigenvalue weighted by Crippen LogP contribution is -2.29. The zero-order valence-corrected chi connectivity index (χ0v) is 11.0. The van der Waals surface area contributed by atoms with Gasteiger partial charge in [0.25, 0.3) is 0 Å². The number of anilines is 1. The Morgan fingerprint density at radius 3 is 2.42 bits per heavy atom. The third kappa shape index (κ3) is 3.16. The molecule has 100 valence electrons. The van der Waals surface area contributed by atoms with Crippen molar-refractivity contribution in [1.82, 2.24) is 0 Å². The molecule has 0 unspecified atom stereocenters. The minimum atomic E-state index is -1.05. The summed E-state index contributed by atoms with van der Waals surface area (Å²) in [6, 6.07) is 13.4. The molecule has 0 amide bonds. The third-order valence-corrected chi connectivity index (χ3v) is 2.90. The zero-order valence-electron chi connectivity index (χ0n) is 11.0. The second kappa shape index (κ2) is 5.61. The molecule has 19 heavy (non-hydrogen) atoms. The summed E-state index contributed by atoms with van der Waals surface area (Å²) in [6.45, 7) is 4.78. The first-order chi connectivity index (χ1) is 9.08. The molecule has 0 aliphatic carbocycles. The van der Waals surface area contributed by atoms with E-state index >= 15 is 0 Å². The van der Waals surface area contributed by atoms with Crippen molar-refractivity contribution < 1.29 is 14.3 Å². The molecule has 0 aliphatic heterocycles. The number of aromatic carboxylic acids is 1. The van der Waals surface area contributed by atoms with Gasteiger partial charge in [0.2, 0.25) is 5.76 Å². The van der Waals surface area contributed by atoms with E-state index in [2.05, 4.69) is 0 Å². The van der Waals surface area contributed by atoms with E-state index in [1.807, 2.05) is 49.1 Å². The molecule has 0 aliphatic rings. The minimum absolute atomic E-state index is 0.0336. The van der Waals surface area contributed by atoms with Crippen LogP contribution in [0.3, 0.4) is 0 Å². The smallest absolute Gasteiger partial charge is 0.371 e. The highest BCUT2D eigenvalue weighted by atomic mass is 16.4. The van der Waals surface area contributed by atoms with Crippen LogP contribution >= 0.6 is 0 Å². The Morgan fingerprint density at radius 2 is 1.89 bits per heavy atom. The SMILES string of the molecule is CC(C)N(Cc1ccccc1)c1ccc(C(=O)O)o1. The summed E-state index contributed by atoms with van der Waals surface area (Å²) in [6.07, 6.45) is 0. The maximum Gasteiger partial charge on any atom is 0.371 e. The molecule has 0 bridgehead atoms. The molecule has 0 saturated heterocycles. The second-order valence-corrected chi connectivity index (χ2v) is 4.65. The Morgan fingerprint density at radius 1 is 1.21 bits per heavy atom. The van der Waals surface area contributed by atoms with Gasteiger partial charge in [-0.05, 0) is 25.5 Å². The summed E-state index contributed by atoms with van der Waals surface area (Å²) >= 11 is 0. The molecule has 2 rings (SSSR count). The van der Waals surface area contributed by atoms with E-state index in [-0.39, 0.29) is 11.8 Å². The number of nitrogens with zero attached hydrogens (tertiary/aromatic N) is 1. The summed E-state index contributed by atoms with van der Waals surface area (Å²) in [5, 5.41) is 8.90. The van der Waals surface area contributed by atoms with Gasteiger partial charge in [-0.25, -0.2) is 4.79 Å². The topological polar surface area (TPSA) is 53.7 Å². The number of benzene rings is 1. The van der Waals surface area contributed by atoms with E-state index in [0.717, 1.165) is 5.56 Å². The van der Waals surface area contributed by atoms with Gasteiger partial charge in [-0.15, -0.1) is 0 Å². The molecule has 1 heterocycles. The van der Waals surface area contributed by atoms with E-state index in [1.165, 1.54) is 6.07 Å². The number of furan rings is 1. The Kier molecular flexibility index (Phi) is 3.90. The van der Waals surface area contributed by atoms with E-state index in [1.54, 1.807) is 6.07 Å². The van der Waals surface area contributed by atoms with Gasteiger partial charge in [0.1, 0.15) is 0 Å². The summed E-state index contributed by atoms with van der Waals surface area (Å²) < 4.78 is 5.37. The summed E-state index contributed by atoms with van der Waals surface area (Å²) in [4.78, 5) is 12.9. The quantitative estimate of drug-likeness (QED) is 0.894. The summed E-state index contributed by atoms with van der Waals surface area (Å²) in [7, 11) is 0. The van der Waals surface area contributed by atoms with Crippen molar-refractivity contribution in [1.29, 1.82) is 0 Å². The lowest BCUT2D eigenvalue weighted by atomic mass is 10.2. The van der Waals surface area contributed by atoms with Gasteiger partial charge < -0.3 is 14.4 Å². The monoisotopic (exact) mass is 259 g/mol. The molecule has 4 nitrogen and oxygen atoms in total. The standard InChI is InChI=1S/C15H17NO3/c1-11(2)16(10-12-6-4-3-5-7-12)14-9-8-13(19-14)15(17)18/h3-9,11H,10H2,1-2H3,(H,17,18). The molecule has 0 radical (unpaired) electrons. The highest BCUT2D eigenvalue weighted by Gasteiger charge is 2.17. The lowest BCUT2D eigenvalue weighted by molar-refractivity contribution is 0.0663. The van der Waals surface area contributed by atoms with Crippen molar-refractivity contribution >= 4 is 11.9 Å². The number of hydrogen-bond acceptors (Lipinski definition) is 3. The van der Waals surface area contributed by atoms with Crippen molar-refractivity contribution in [2.24, 2.45) is 0 Å². The molecule has 1 aromatic carbocycles. The Labute approximate surface area is 112 Å². The molecular weight excluding hydrogens is 242 g/mol. The van der Waals surface area contributed by atoms with Gasteiger partial charge in [0.05, 0.1) is 0 Å². The van der Waals surface area contributed by atoms with Crippen molar-refractivity contribution in [2.75, 3.05) is 4.90 Å². The van der Waals surface area contributed by atoms with Gasteiger partial charge in [0, 0.05) is 18.7 Å². The molecule has 0 atom stereocenters. The average Bonchev–Trinajstić information content (AvgIpc) is 2.86. The van der Waals surface area contributed by atoms with E-state index < -0.39 is 5.97 Å². The first-order valence-electron chi connectivity index (χ1n) is 6.21. The van der Waals surface area contributed by atoms with Crippen molar-refractivity contribution in [3.63, 3.8) is 0 Å². The minimum Gasteiger partial charge on any atom is -0.475 e. The molecule has 4 heteroatoms. The van der Waals surface area contributed by atoms with Crippen LogP contribution in [0.1, 0.15) is 30.0 Å². The molecule has 0 spiro atoms. The van der Waals surface area contributed by atoms with Crippen LogP contribution in [0.5, 0.6) is 0 Å². The summed E-state index contributed by atoms with van der Waals surface area (Å²) in [5.41, 5.74) is 1.16. The van der Waals surface area contributed by atoms with Crippen LogP contribution in [0, 0.1) is 0 Å². The highest BCUT2D eigenvalue weighted by Crippen LogP contribution is 2.23. The average molecular weight is 259 g/mol. The predicted molar refractivity (Wildman–Crippen MR) is 73.4 cm³/mol. The second-order valence-electron chi connectivity index (χ2n) is 4.65. The first kappa shape index (κ1) is 13.2. The fraction of sp³-hybridized carbons (Fsp3) is 0.267. The predicted octanol–water partition coefficient (Wildman–Crippen LogP) is 3.39. The largest absolute Gasteiger partial charge is 0.475 e. The van der Waals surface area contributed by atoms with Crippen LogP contribution in [0.15, 0.2) is 46.9 Å².